The van der Waals surface area contributed by atoms with E-state index >= 15 is 0 Å². The first-order valence-electron chi connectivity index (χ1n) is 5.44. The average molecular weight is 313 g/mol. The van der Waals surface area contributed by atoms with Gasteiger partial charge < -0.3 is 4.74 Å². The van der Waals surface area contributed by atoms with Crippen LogP contribution in [0, 0.1) is 11.6 Å². The van der Waals surface area contributed by atoms with Crippen molar-refractivity contribution in [2.45, 2.75) is 13.0 Å². The molecule has 2 rings (SSSR count). The highest BCUT2D eigenvalue weighted by Gasteiger charge is 2.14. The van der Waals surface area contributed by atoms with E-state index in [9.17, 15) is 8.78 Å². The van der Waals surface area contributed by atoms with Gasteiger partial charge in [-0.1, -0.05) is 46.3 Å². The molecule has 0 spiro atoms. The van der Waals surface area contributed by atoms with Gasteiger partial charge in [-0.25, -0.2) is 4.39 Å². The van der Waals surface area contributed by atoms with Crippen molar-refractivity contribution >= 4 is 15.9 Å². The van der Waals surface area contributed by atoms with Gasteiger partial charge in [-0.15, -0.1) is 0 Å². The molecule has 0 bridgehead atoms. The standard InChI is InChI=1S/C14H11BrF2O/c1-9(10-5-3-2-4-6-10)18-13-8-11(15)7-12(16)14(13)17/h2-9H,1H3. The Kier molecular flexibility index (Phi) is 3.97. The summed E-state index contributed by atoms with van der Waals surface area (Å²) in [7, 11) is 0. The fraction of sp³-hybridized carbons (Fsp3) is 0.143. The highest BCUT2D eigenvalue weighted by atomic mass is 79.9. The summed E-state index contributed by atoms with van der Waals surface area (Å²) >= 11 is 3.11. The van der Waals surface area contributed by atoms with Crippen LogP contribution in [0.5, 0.6) is 5.75 Å². The maximum absolute atomic E-state index is 13.5. The predicted octanol–water partition coefficient (Wildman–Crippen LogP) is 4.87. The lowest BCUT2D eigenvalue weighted by Gasteiger charge is -2.16. The summed E-state index contributed by atoms with van der Waals surface area (Å²) in [5.74, 6) is -2.00. The highest BCUT2D eigenvalue weighted by Crippen LogP contribution is 2.29. The van der Waals surface area contributed by atoms with Crippen LogP contribution in [0.2, 0.25) is 0 Å². The van der Waals surface area contributed by atoms with Crippen molar-refractivity contribution in [3.05, 3.63) is 64.1 Å². The number of ether oxygens (including phenoxy) is 1. The van der Waals surface area contributed by atoms with Gasteiger partial charge in [0.15, 0.2) is 11.6 Å². The summed E-state index contributed by atoms with van der Waals surface area (Å²) in [5.41, 5.74) is 0.900. The zero-order chi connectivity index (χ0) is 13.1. The van der Waals surface area contributed by atoms with E-state index in [-0.39, 0.29) is 11.9 Å². The van der Waals surface area contributed by atoms with E-state index in [1.165, 1.54) is 6.07 Å². The molecule has 0 fully saturated rings. The lowest BCUT2D eigenvalue weighted by Crippen LogP contribution is -2.05. The van der Waals surface area contributed by atoms with Crippen LogP contribution in [0.15, 0.2) is 46.9 Å². The normalized spacial score (nSPS) is 12.2. The van der Waals surface area contributed by atoms with Crippen LogP contribution in [-0.2, 0) is 0 Å². The fourth-order valence-corrected chi connectivity index (χ4v) is 2.01. The summed E-state index contributed by atoms with van der Waals surface area (Å²) < 4.78 is 32.6. The number of rotatable bonds is 3. The van der Waals surface area contributed by atoms with Crippen molar-refractivity contribution in [1.29, 1.82) is 0 Å². The number of benzene rings is 2. The lowest BCUT2D eigenvalue weighted by molar-refractivity contribution is 0.213. The smallest absolute Gasteiger partial charge is 0.200 e. The summed E-state index contributed by atoms with van der Waals surface area (Å²) in [6, 6.07) is 11.8. The summed E-state index contributed by atoms with van der Waals surface area (Å²) in [4.78, 5) is 0. The maximum atomic E-state index is 13.5. The number of halogens is 3. The van der Waals surface area contributed by atoms with Crippen LogP contribution in [0.25, 0.3) is 0 Å². The Hall–Kier alpha value is -1.42. The van der Waals surface area contributed by atoms with E-state index in [4.69, 9.17) is 4.74 Å². The molecule has 0 aliphatic rings. The number of hydrogen-bond donors (Lipinski definition) is 0. The molecule has 0 saturated carbocycles. The Morgan fingerprint density at radius 1 is 1.11 bits per heavy atom. The molecule has 0 heterocycles. The number of hydrogen-bond acceptors (Lipinski definition) is 1. The van der Waals surface area contributed by atoms with Crippen LogP contribution in [0.1, 0.15) is 18.6 Å². The molecular weight excluding hydrogens is 302 g/mol. The zero-order valence-electron chi connectivity index (χ0n) is 9.66. The van der Waals surface area contributed by atoms with Crippen molar-refractivity contribution in [2.24, 2.45) is 0 Å². The van der Waals surface area contributed by atoms with Crippen LogP contribution >= 0.6 is 15.9 Å². The molecule has 0 radical (unpaired) electrons. The topological polar surface area (TPSA) is 9.23 Å². The van der Waals surface area contributed by atoms with E-state index in [2.05, 4.69) is 15.9 Å². The van der Waals surface area contributed by atoms with Crippen molar-refractivity contribution < 1.29 is 13.5 Å². The first-order valence-corrected chi connectivity index (χ1v) is 6.23. The second kappa shape index (κ2) is 5.48. The quantitative estimate of drug-likeness (QED) is 0.735. The first kappa shape index (κ1) is 13.0. The van der Waals surface area contributed by atoms with Crippen molar-refractivity contribution in [2.75, 3.05) is 0 Å². The Morgan fingerprint density at radius 3 is 2.44 bits per heavy atom. The molecule has 2 aromatic rings. The Balaban J connectivity index is 2.24. The molecule has 0 aliphatic carbocycles. The molecule has 1 atom stereocenters. The lowest BCUT2D eigenvalue weighted by atomic mass is 10.1. The molecule has 2 aromatic carbocycles. The second-order valence-corrected chi connectivity index (χ2v) is 4.79. The molecule has 94 valence electrons. The molecule has 4 heteroatoms. The predicted molar refractivity (Wildman–Crippen MR) is 69.5 cm³/mol. The van der Waals surface area contributed by atoms with Crippen LogP contribution in [-0.4, -0.2) is 0 Å². The van der Waals surface area contributed by atoms with Crippen molar-refractivity contribution in [1.82, 2.24) is 0 Å². The summed E-state index contributed by atoms with van der Waals surface area (Å²) in [6.07, 6.45) is -0.352. The largest absolute Gasteiger partial charge is 0.483 e. The van der Waals surface area contributed by atoms with Crippen LogP contribution < -0.4 is 4.74 Å². The van der Waals surface area contributed by atoms with Crippen LogP contribution in [0.3, 0.4) is 0 Å². The molecular formula is C14H11BrF2O. The van der Waals surface area contributed by atoms with E-state index in [0.717, 1.165) is 11.6 Å². The van der Waals surface area contributed by atoms with Gasteiger partial charge in [-0.2, -0.15) is 4.39 Å². The van der Waals surface area contributed by atoms with Gasteiger partial charge in [0.2, 0.25) is 5.82 Å². The Bertz CT molecular complexity index is 543. The molecule has 1 nitrogen and oxygen atoms in total. The first-order chi connectivity index (χ1) is 8.58. The average Bonchev–Trinajstić information content (AvgIpc) is 2.36. The van der Waals surface area contributed by atoms with Crippen molar-refractivity contribution in [3.63, 3.8) is 0 Å². The molecule has 0 aromatic heterocycles. The van der Waals surface area contributed by atoms with Crippen LogP contribution in [0.4, 0.5) is 8.78 Å². The van der Waals surface area contributed by atoms with Crippen molar-refractivity contribution in [3.8, 4) is 5.75 Å². The summed E-state index contributed by atoms with van der Waals surface area (Å²) in [6.45, 7) is 1.79. The fourth-order valence-electron chi connectivity index (χ4n) is 1.60. The van der Waals surface area contributed by atoms with Gasteiger partial charge in [-0.3, -0.25) is 0 Å². The molecule has 0 aliphatic heterocycles. The van der Waals surface area contributed by atoms with Gasteiger partial charge in [0, 0.05) is 4.47 Å². The summed E-state index contributed by atoms with van der Waals surface area (Å²) in [5, 5.41) is 0. The van der Waals surface area contributed by atoms with E-state index in [0.29, 0.717) is 4.47 Å². The second-order valence-electron chi connectivity index (χ2n) is 3.87. The minimum atomic E-state index is -0.971. The molecule has 0 saturated heterocycles. The maximum Gasteiger partial charge on any atom is 0.200 e. The molecule has 18 heavy (non-hydrogen) atoms. The van der Waals surface area contributed by atoms with E-state index in [1.54, 1.807) is 6.92 Å². The molecule has 1 unspecified atom stereocenters. The Morgan fingerprint density at radius 2 is 1.78 bits per heavy atom. The van der Waals surface area contributed by atoms with Gasteiger partial charge in [0.05, 0.1) is 0 Å². The third kappa shape index (κ3) is 2.88. The minimum Gasteiger partial charge on any atom is -0.483 e. The molecule has 0 amide bonds. The van der Waals surface area contributed by atoms with E-state index in [1.807, 2.05) is 30.3 Å². The third-order valence-corrected chi connectivity index (χ3v) is 2.99. The zero-order valence-corrected chi connectivity index (χ0v) is 11.2. The van der Waals surface area contributed by atoms with Gasteiger partial charge >= 0.3 is 0 Å². The monoisotopic (exact) mass is 312 g/mol. The van der Waals surface area contributed by atoms with Gasteiger partial charge in [0.25, 0.3) is 0 Å². The molecule has 0 N–H and O–H groups in total. The van der Waals surface area contributed by atoms with Gasteiger partial charge in [0.1, 0.15) is 6.10 Å². The Labute approximate surface area is 113 Å². The SMILES string of the molecule is CC(Oc1cc(Br)cc(F)c1F)c1ccccc1. The van der Waals surface area contributed by atoms with E-state index < -0.39 is 11.6 Å². The van der Waals surface area contributed by atoms with Gasteiger partial charge in [-0.05, 0) is 24.6 Å². The third-order valence-electron chi connectivity index (χ3n) is 2.53. The highest BCUT2D eigenvalue weighted by molar-refractivity contribution is 9.10. The minimum absolute atomic E-state index is 0.0989.